The van der Waals surface area contributed by atoms with Gasteiger partial charge >= 0.3 is 6.16 Å². The summed E-state index contributed by atoms with van der Waals surface area (Å²) in [5.74, 6) is -1.17. The van der Waals surface area contributed by atoms with Crippen LogP contribution in [0.4, 0.5) is 4.79 Å². The van der Waals surface area contributed by atoms with Gasteiger partial charge in [0.25, 0.3) is 23.6 Å². The third-order valence-corrected chi connectivity index (χ3v) is 4.29. The van der Waals surface area contributed by atoms with Gasteiger partial charge in [0, 0.05) is 37.4 Å². The van der Waals surface area contributed by atoms with Crippen molar-refractivity contribution in [2.75, 3.05) is 26.3 Å². The predicted octanol–water partition coefficient (Wildman–Crippen LogP) is 1.33. The number of carbonyl (C=O) groups excluding carboxylic acids is 5. The summed E-state index contributed by atoms with van der Waals surface area (Å²) < 4.78 is 9.89. The first-order valence-corrected chi connectivity index (χ1v) is 9.35. The minimum absolute atomic E-state index is 0.213. The zero-order valence-corrected chi connectivity index (χ0v) is 15.6. The van der Waals surface area contributed by atoms with Crippen molar-refractivity contribution in [1.82, 2.24) is 9.80 Å². The number of carbonyl (C=O) groups is 5. The summed E-state index contributed by atoms with van der Waals surface area (Å²) in [6, 6.07) is 0. The van der Waals surface area contributed by atoms with Crippen LogP contribution in [0.25, 0.3) is 0 Å². The lowest BCUT2D eigenvalue weighted by atomic mass is 10.2. The lowest BCUT2D eigenvalue weighted by Gasteiger charge is -2.13. The first kappa shape index (κ1) is 21.3. The van der Waals surface area contributed by atoms with E-state index in [0.717, 1.165) is 0 Å². The minimum atomic E-state index is -0.733. The molecule has 0 aliphatic carbocycles. The SMILES string of the molecule is O=C(OCCCCCN1C(=O)C=CC1=O)OCCCCCN1C(=O)C=CC1=O. The highest BCUT2D eigenvalue weighted by Gasteiger charge is 2.23. The van der Waals surface area contributed by atoms with Crippen molar-refractivity contribution in [3.63, 3.8) is 0 Å². The number of hydrogen-bond donors (Lipinski definition) is 0. The maximum Gasteiger partial charge on any atom is 0.508 e. The Hall–Kier alpha value is -2.97. The largest absolute Gasteiger partial charge is 0.508 e. The van der Waals surface area contributed by atoms with Crippen molar-refractivity contribution in [2.45, 2.75) is 38.5 Å². The molecule has 0 unspecified atom stereocenters. The molecule has 0 fully saturated rings. The number of rotatable bonds is 12. The highest BCUT2D eigenvalue weighted by molar-refractivity contribution is 6.13. The van der Waals surface area contributed by atoms with Crippen molar-refractivity contribution >= 4 is 29.8 Å². The monoisotopic (exact) mass is 392 g/mol. The molecule has 152 valence electrons. The zero-order valence-electron chi connectivity index (χ0n) is 15.6. The van der Waals surface area contributed by atoms with Crippen LogP contribution in [0.2, 0.25) is 0 Å². The average molecular weight is 392 g/mol. The van der Waals surface area contributed by atoms with Crippen molar-refractivity contribution < 1.29 is 33.4 Å². The summed E-state index contributed by atoms with van der Waals surface area (Å²) in [7, 11) is 0. The van der Waals surface area contributed by atoms with E-state index in [1.165, 1.54) is 34.1 Å². The van der Waals surface area contributed by atoms with Gasteiger partial charge < -0.3 is 9.47 Å². The van der Waals surface area contributed by atoms with Crippen LogP contribution in [0.3, 0.4) is 0 Å². The van der Waals surface area contributed by atoms with E-state index >= 15 is 0 Å². The van der Waals surface area contributed by atoms with Crippen molar-refractivity contribution in [3.8, 4) is 0 Å². The molecule has 9 heteroatoms. The Morgan fingerprint density at radius 3 is 1.32 bits per heavy atom. The van der Waals surface area contributed by atoms with Crippen LogP contribution in [-0.2, 0) is 28.7 Å². The molecular weight excluding hydrogens is 368 g/mol. The molecule has 0 saturated carbocycles. The van der Waals surface area contributed by atoms with Gasteiger partial charge in [0.15, 0.2) is 0 Å². The molecule has 0 aromatic carbocycles. The summed E-state index contributed by atoms with van der Waals surface area (Å²) >= 11 is 0. The molecule has 2 rings (SSSR count). The van der Waals surface area contributed by atoms with Gasteiger partial charge in [-0.3, -0.25) is 29.0 Å². The van der Waals surface area contributed by atoms with Gasteiger partial charge in [-0.25, -0.2) is 4.79 Å². The average Bonchev–Trinajstić information content (AvgIpc) is 3.16. The number of imide groups is 2. The van der Waals surface area contributed by atoms with Crippen LogP contribution in [0.5, 0.6) is 0 Å². The topological polar surface area (TPSA) is 110 Å². The van der Waals surface area contributed by atoms with Crippen LogP contribution in [-0.4, -0.2) is 65.9 Å². The van der Waals surface area contributed by atoms with E-state index in [9.17, 15) is 24.0 Å². The second-order valence-corrected chi connectivity index (χ2v) is 6.39. The Morgan fingerprint density at radius 1 is 0.607 bits per heavy atom. The molecule has 0 atom stereocenters. The van der Waals surface area contributed by atoms with Gasteiger partial charge in [-0.15, -0.1) is 0 Å². The normalized spacial score (nSPS) is 15.9. The van der Waals surface area contributed by atoms with E-state index in [1.807, 2.05) is 0 Å². The molecule has 0 N–H and O–H groups in total. The Kier molecular flexibility index (Phi) is 8.38. The molecular formula is C19H24N2O7. The van der Waals surface area contributed by atoms with Gasteiger partial charge in [-0.05, 0) is 38.5 Å². The number of ether oxygens (including phenoxy) is 2. The second-order valence-electron chi connectivity index (χ2n) is 6.39. The van der Waals surface area contributed by atoms with Gasteiger partial charge in [0.05, 0.1) is 13.2 Å². The molecule has 0 spiro atoms. The standard InChI is InChI=1S/C19H24N2O7/c22-15-7-8-16(23)20(15)11-3-1-5-13-27-19(26)28-14-6-2-4-12-21-17(24)9-10-18(21)25/h7-10H,1-6,11-14H2. The van der Waals surface area contributed by atoms with E-state index in [1.54, 1.807) is 0 Å². The summed E-state index contributed by atoms with van der Waals surface area (Å²) in [6.07, 6.45) is 8.24. The quantitative estimate of drug-likeness (QED) is 0.280. The lowest BCUT2D eigenvalue weighted by molar-refractivity contribution is -0.138. The van der Waals surface area contributed by atoms with Crippen molar-refractivity contribution in [3.05, 3.63) is 24.3 Å². The molecule has 0 aromatic rings. The summed E-state index contributed by atoms with van der Waals surface area (Å²) in [4.78, 5) is 59.2. The Balaban J connectivity index is 1.39. The zero-order chi connectivity index (χ0) is 20.4. The number of hydrogen-bond acceptors (Lipinski definition) is 7. The Morgan fingerprint density at radius 2 is 0.964 bits per heavy atom. The molecule has 2 aliphatic rings. The van der Waals surface area contributed by atoms with E-state index in [2.05, 4.69) is 0 Å². The fraction of sp³-hybridized carbons (Fsp3) is 0.526. The molecule has 0 radical (unpaired) electrons. The van der Waals surface area contributed by atoms with Crippen LogP contribution < -0.4 is 0 Å². The number of amides is 4. The summed E-state index contributed by atoms with van der Waals surface area (Å²) in [5.41, 5.74) is 0. The van der Waals surface area contributed by atoms with Gasteiger partial charge in [0.1, 0.15) is 0 Å². The van der Waals surface area contributed by atoms with E-state index in [0.29, 0.717) is 51.6 Å². The second kappa shape index (κ2) is 11.0. The third-order valence-electron chi connectivity index (χ3n) is 4.29. The van der Waals surface area contributed by atoms with Gasteiger partial charge in [0.2, 0.25) is 0 Å². The molecule has 28 heavy (non-hydrogen) atoms. The Labute approximate surface area is 162 Å². The highest BCUT2D eigenvalue weighted by Crippen LogP contribution is 2.08. The number of nitrogens with zero attached hydrogens (tertiary/aromatic N) is 2. The van der Waals surface area contributed by atoms with Crippen LogP contribution in [0, 0.1) is 0 Å². The summed E-state index contributed by atoms with van der Waals surface area (Å²) in [5, 5.41) is 0. The maximum absolute atomic E-state index is 11.4. The highest BCUT2D eigenvalue weighted by atomic mass is 16.7. The molecule has 2 heterocycles. The number of unbranched alkanes of at least 4 members (excludes halogenated alkanes) is 4. The molecule has 2 aliphatic heterocycles. The van der Waals surface area contributed by atoms with Crippen LogP contribution in [0.1, 0.15) is 38.5 Å². The summed E-state index contributed by atoms with van der Waals surface area (Å²) in [6.45, 7) is 1.15. The van der Waals surface area contributed by atoms with Crippen molar-refractivity contribution in [1.29, 1.82) is 0 Å². The fourth-order valence-electron chi connectivity index (χ4n) is 2.75. The van der Waals surface area contributed by atoms with E-state index in [-0.39, 0.29) is 36.8 Å². The lowest BCUT2D eigenvalue weighted by Crippen LogP contribution is -2.30. The molecule has 9 nitrogen and oxygen atoms in total. The molecule has 0 aromatic heterocycles. The molecule has 0 bridgehead atoms. The fourth-order valence-corrected chi connectivity index (χ4v) is 2.75. The van der Waals surface area contributed by atoms with Crippen molar-refractivity contribution in [2.24, 2.45) is 0 Å². The first-order valence-electron chi connectivity index (χ1n) is 9.35. The Bertz CT molecular complexity index is 592. The first-order chi connectivity index (χ1) is 13.5. The van der Waals surface area contributed by atoms with E-state index in [4.69, 9.17) is 9.47 Å². The smallest absolute Gasteiger partial charge is 0.434 e. The van der Waals surface area contributed by atoms with Gasteiger partial charge in [-0.1, -0.05) is 0 Å². The van der Waals surface area contributed by atoms with Crippen LogP contribution >= 0.6 is 0 Å². The minimum Gasteiger partial charge on any atom is -0.434 e. The predicted molar refractivity (Wildman–Crippen MR) is 96.7 cm³/mol. The van der Waals surface area contributed by atoms with Gasteiger partial charge in [-0.2, -0.15) is 0 Å². The molecule has 4 amide bonds. The molecule has 0 saturated heterocycles. The van der Waals surface area contributed by atoms with Crippen LogP contribution in [0.15, 0.2) is 24.3 Å². The maximum atomic E-state index is 11.4. The third kappa shape index (κ3) is 6.64. The van der Waals surface area contributed by atoms with E-state index < -0.39 is 6.16 Å².